The first-order valence-corrected chi connectivity index (χ1v) is 8.85. The smallest absolute Gasteiger partial charge is 0.150 e. The zero-order chi connectivity index (χ0) is 12.7. The van der Waals surface area contributed by atoms with Crippen molar-refractivity contribution in [2.75, 3.05) is 18.1 Å². The van der Waals surface area contributed by atoms with Crippen molar-refractivity contribution in [3.05, 3.63) is 0 Å². The van der Waals surface area contributed by atoms with Crippen LogP contribution in [0, 0.1) is 5.92 Å². The first-order chi connectivity index (χ1) is 8.09. The van der Waals surface area contributed by atoms with E-state index < -0.39 is 9.84 Å². The molecule has 17 heavy (non-hydrogen) atoms. The predicted molar refractivity (Wildman–Crippen MR) is 73.0 cm³/mol. The van der Waals surface area contributed by atoms with Crippen LogP contribution in [0.15, 0.2) is 0 Å². The molecule has 0 aliphatic heterocycles. The van der Waals surface area contributed by atoms with E-state index in [9.17, 15) is 8.42 Å². The van der Waals surface area contributed by atoms with E-state index in [4.69, 9.17) is 0 Å². The maximum absolute atomic E-state index is 11.6. The highest BCUT2D eigenvalue weighted by Crippen LogP contribution is 2.34. The highest BCUT2D eigenvalue weighted by Gasteiger charge is 2.30. The molecular formula is C13H27NO2S. The van der Waals surface area contributed by atoms with Gasteiger partial charge >= 0.3 is 0 Å². The molecule has 0 radical (unpaired) electrons. The molecule has 0 saturated heterocycles. The number of rotatable bonds is 10. The molecule has 1 rings (SSSR count). The summed E-state index contributed by atoms with van der Waals surface area (Å²) < 4.78 is 23.2. The highest BCUT2D eigenvalue weighted by atomic mass is 32.2. The molecule has 1 saturated carbocycles. The first-order valence-electron chi connectivity index (χ1n) is 7.03. The van der Waals surface area contributed by atoms with Gasteiger partial charge in [-0.15, -0.1) is 0 Å². The molecule has 1 atom stereocenters. The summed E-state index contributed by atoms with van der Waals surface area (Å²) in [6.07, 6.45) is 6.37. The van der Waals surface area contributed by atoms with Gasteiger partial charge in [0.05, 0.1) is 5.75 Å². The van der Waals surface area contributed by atoms with Crippen molar-refractivity contribution >= 4 is 9.84 Å². The highest BCUT2D eigenvalue weighted by molar-refractivity contribution is 7.91. The Kier molecular flexibility index (Phi) is 6.49. The molecule has 3 nitrogen and oxygen atoms in total. The summed E-state index contributed by atoms with van der Waals surface area (Å²) in [4.78, 5) is 0. The van der Waals surface area contributed by atoms with Crippen molar-refractivity contribution in [1.82, 2.24) is 5.32 Å². The van der Waals surface area contributed by atoms with Gasteiger partial charge in [-0.25, -0.2) is 8.42 Å². The van der Waals surface area contributed by atoms with Crippen molar-refractivity contribution in [2.45, 2.75) is 58.4 Å². The number of hydrogen-bond donors (Lipinski definition) is 1. The van der Waals surface area contributed by atoms with Crippen LogP contribution in [0.25, 0.3) is 0 Å². The second-order valence-electron chi connectivity index (χ2n) is 5.19. The van der Waals surface area contributed by atoms with E-state index in [-0.39, 0.29) is 0 Å². The van der Waals surface area contributed by atoms with E-state index in [2.05, 4.69) is 12.2 Å². The van der Waals surface area contributed by atoms with Crippen molar-refractivity contribution in [2.24, 2.45) is 5.92 Å². The van der Waals surface area contributed by atoms with Crippen LogP contribution in [0.3, 0.4) is 0 Å². The Morgan fingerprint density at radius 2 is 1.88 bits per heavy atom. The maximum Gasteiger partial charge on any atom is 0.150 e. The Balaban J connectivity index is 2.22. The Bertz CT molecular complexity index is 297. The average molecular weight is 261 g/mol. The van der Waals surface area contributed by atoms with Crippen LogP contribution >= 0.6 is 0 Å². The van der Waals surface area contributed by atoms with Crippen molar-refractivity contribution in [3.63, 3.8) is 0 Å². The van der Waals surface area contributed by atoms with Crippen molar-refractivity contribution in [3.8, 4) is 0 Å². The quantitative estimate of drug-likeness (QED) is 0.657. The summed E-state index contributed by atoms with van der Waals surface area (Å²) in [6.45, 7) is 5.15. The van der Waals surface area contributed by atoms with Gasteiger partial charge in [0, 0.05) is 11.8 Å². The van der Waals surface area contributed by atoms with E-state index in [1.54, 1.807) is 0 Å². The molecule has 0 aromatic carbocycles. The second-order valence-corrected chi connectivity index (χ2v) is 7.50. The molecule has 1 aliphatic rings. The minimum Gasteiger partial charge on any atom is -0.314 e. The van der Waals surface area contributed by atoms with Gasteiger partial charge in [0.25, 0.3) is 0 Å². The predicted octanol–water partition coefficient (Wildman–Crippen LogP) is 2.37. The summed E-state index contributed by atoms with van der Waals surface area (Å²) in [5, 5.41) is 3.55. The van der Waals surface area contributed by atoms with Crippen LogP contribution in [0.4, 0.5) is 0 Å². The normalized spacial score (nSPS) is 18.2. The lowest BCUT2D eigenvalue weighted by Crippen LogP contribution is -2.32. The largest absolute Gasteiger partial charge is 0.314 e. The lowest BCUT2D eigenvalue weighted by molar-refractivity contribution is 0.431. The number of hydrogen-bond acceptors (Lipinski definition) is 3. The Morgan fingerprint density at radius 3 is 2.41 bits per heavy atom. The van der Waals surface area contributed by atoms with E-state index in [0.717, 1.165) is 38.1 Å². The third kappa shape index (κ3) is 6.41. The SMILES string of the molecule is CCCNC(CCCS(=O)(=O)CCC)C1CC1. The molecule has 0 spiro atoms. The molecule has 102 valence electrons. The van der Waals surface area contributed by atoms with Crippen LogP contribution in [0.1, 0.15) is 52.4 Å². The Hall–Kier alpha value is -0.0900. The monoisotopic (exact) mass is 261 g/mol. The van der Waals surface area contributed by atoms with Crippen molar-refractivity contribution < 1.29 is 8.42 Å². The standard InChI is InChI=1S/C13H27NO2S/c1-3-9-14-13(12-7-8-12)6-5-11-17(15,16)10-4-2/h12-14H,3-11H2,1-2H3. The topological polar surface area (TPSA) is 46.2 Å². The molecule has 1 unspecified atom stereocenters. The molecule has 0 bridgehead atoms. The van der Waals surface area contributed by atoms with Gasteiger partial charge in [-0.1, -0.05) is 13.8 Å². The van der Waals surface area contributed by atoms with Crippen LogP contribution in [-0.2, 0) is 9.84 Å². The number of sulfone groups is 1. The minimum atomic E-state index is -2.78. The summed E-state index contributed by atoms with van der Waals surface area (Å²) in [5.74, 6) is 1.54. The zero-order valence-electron chi connectivity index (χ0n) is 11.2. The van der Waals surface area contributed by atoms with Crippen LogP contribution in [-0.4, -0.2) is 32.5 Å². The third-order valence-corrected chi connectivity index (χ3v) is 5.27. The van der Waals surface area contributed by atoms with E-state index in [1.165, 1.54) is 12.8 Å². The fourth-order valence-corrected chi connectivity index (χ4v) is 3.70. The molecule has 0 amide bonds. The van der Waals surface area contributed by atoms with Crippen LogP contribution in [0.5, 0.6) is 0 Å². The minimum absolute atomic E-state index is 0.351. The molecule has 0 aromatic heterocycles. The molecule has 1 aliphatic carbocycles. The van der Waals surface area contributed by atoms with Crippen LogP contribution in [0.2, 0.25) is 0 Å². The van der Waals surface area contributed by atoms with Crippen molar-refractivity contribution in [1.29, 1.82) is 0 Å². The summed E-state index contributed by atoms with van der Waals surface area (Å²) in [7, 11) is -2.78. The fraction of sp³-hybridized carbons (Fsp3) is 1.00. The Labute approximate surface area is 106 Å². The van der Waals surface area contributed by atoms with Gasteiger partial charge in [0.2, 0.25) is 0 Å². The number of nitrogens with one attached hydrogen (secondary N) is 1. The molecule has 0 heterocycles. The second kappa shape index (κ2) is 7.37. The van der Waals surface area contributed by atoms with Gasteiger partial charge in [0.1, 0.15) is 9.84 Å². The molecular weight excluding hydrogens is 234 g/mol. The Morgan fingerprint density at radius 1 is 1.18 bits per heavy atom. The van der Waals surface area contributed by atoms with E-state index in [1.807, 2.05) is 6.92 Å². The average Bonchev–Trinajstić information content (AvgIpc) is 3.06. The van der Waals surface area contributed by atoms with Gasteiger partial charge in [0.15, 0.2) is 0 Å². The third-order valence-electron chi connectivity index (χ3n) is 3.33. The van der Waals surface area contributed by atoms with E-state index >= 15 is 0 Å². The molecule has 1 N–H and O–H groups in total. The fourth-order valence-electron chi connectivity index (χ4n) is 2.27. The summed E-state index contributed by atoms with van der Waals surface area (Å²) in [6, 6.07) is 0.562. The van der Waals surface area contributed by atoms with Crippen LogP contribution < -0.4 is 5.32 Å². The molecule has 4 heteroatoms. The first kappa shape index (κ1) is 15.0. The van der Waals surface area contributed by atoms with Gasteiger partial charge in [-0.3, -0.25) is 0 Å². The van der Waals surface area contributed by atoms with Gasteiger partial charge in [-0.05, 0) is 51.0 Å². The van der Waals surface area contributed by atoms with Gasteiger partial charge < -0.3 is 5.32 Å². The van der Waals surface area contributed by atoms with Gasteiger partial charge in [-0.2, -0.15) is 0 Å². The lowest BCUT2D eigenvalue weighted by atomic mass is 10.1. The maximum atomic E-state index is 11.6. The molecule has 1 fully saturated rings. The summed E-state index contributed by atoms with van der Waals surface area (Å²) in [5.41, 5.74) is 0. The van der Waals surface area contributed by atoms with E-state index in [0.29, 0.717) is 17.5 Å². The lowest BCUT2D eigenvalue weighted by Gasteiger charge is -2.17. The molecule has 0 aromatic rings. The summed E-state index contributed by atoms with van der Waals surface area (Å²) >= 11 is 0. The zero-order valence-corrected chi connectivity index (χ0v) is 12.1.